The molecule has 0 aromatic heterocycles. The van der Waals surface area contributed by atoms with Crippen LogP contribution in [0.2, 0.25) is 5.02 Å². The number of aryl methyl sites for hydroxylation is 2. The molecule has 2 aromatic rings. The number of carbonyl (C=O) groups is 1. The van der Waals surface area contributed by atoms with E-state index in [1.807, 2.05) is 56.3 Å². The van der Waals surface area contributed by atoms with Crippen molar-refractivity contribution in [2.75, 3.05) is 7.05 Å². The molecular weight excluding hydrogens is 270 g/mol. The van der Waals surface area contributed by atoms with Gasteiger partial charge in [0.25, 0.3) is 5.91 Å². The van der Waals surface area contributed by atoms with Crippen LogP contribution < -0.4 is 0 Å². The van der Waals surface area contributed by atoms with Crippen molar-refractivity contribution in [3.05, 3.63) is 69.7 Å². The molecule has 0 spiro atoms. The highest BCUT2D eigenvalue weighted by Gasteiger charge is 2.13. The molecule has 0 aliphatic rings. The number of carbonyl (C=O) groups excluding carboxylic acids is 1. The summed E-state index contributed by atoms with van der Waals surface area (Å²) in [6.07, 6.45) is 0. The lowest BCUT2D eigenvalue weighted by atomic mass is 10.1. The number of rotatable bonds is 3. The van der Waals surface area contributed by atoms with Gasteiger partial charge in [-0.2, -0.15) is 0 Å². The highest BCUT2D eigenvalue weighted by molar-refractivity contribution is 6.31. The average molecular weight is 288 g/mol. The molecule has 0 atom stereocenters. The summed E-state index contributed by atoms with van der Waals surface area (Å²) in [6, 6.07) is 13.4. The molecule has 0 heterocycles. The van der Waals surface area contributed by atoms with Crippen LogP contribution >= 0.6 is 11.6 Å². The third-order valence-electron chi connectivity index (χ3n) is 3.47. The van der Waals surface area contributed by atoms with Crippen molar-refractivity contribution in [3.8, 4) is 0 Å². The zero-order valence-corrected chi connectivity index (χ0v) is 12.7. The standard InChI is InChI=1S/C17H18ClNO/c1-12-8-9-14(10-13(12)2)17(20)19(3)11-15-6-4-5-7-16(15)18/h4-10H,11H2,1-3H3. The van der Waals surface area contributed by atoms with Crippen LogP contribution in [0.1, 0.15) is 27.0 Å². The van der Waals surface area contributed by atoms with Gasteiger partial charge in [0, 0.05) is 24.2 Å². The van der Waals surface area contributed by atoms with E-state index in [-0.39, 0.29) is 5.91 Å². The van der Waals surface area contributed by atoms with Crippen LogP contribution in [0.4, 0.5) is 0 Å². The number of amides is 1. The Labute approximate surface area is 125 Å². The Bertz CT molecular complexity index is 637. The molecule has 0 fully saturated rings. The van der Waals surface area contributed by atoms with Crippen molar-refractivity contribution < 1.29 is 4.79 Å². The molecule has 0 aliphatic carbocycles. The summed E-state index contributed by atoms with van der Waals surface area (Å²) in [5, 5.41) is 0.687. The normalized spacial score (nSPS) is 10.4. The molecule has 2 rings (SSSR count). The van der Waals surface area contributed by atoms with Crippen molar-refractivity contribution in [1.82, 2.24) is 4.90 Å². The van der Waals surface area contributed by atoms with Gasteiger partial charge in [-0.3, -0.25) is 4.79 Å². The van der Waals surface area contributed by atoms with E-state index in [9.17, 15) is 4.79 Å². The molecule has 0 N–H and O–H groups in total. The summed E-state index contributed by atoms with van der Waals surface area (Å²) in [4.78, 5) is 14.1. The first kappa shape index (κ1) is 14.6. The molecule has 1 amide bonds. The topological polar surface area (TPSA) is 20.3 Å². The number of hydrogen-bond acceptors (Lipinski definition) is 1. The fourth-order valence-electron chi connectivity index (χ4n) is 2.05. The quantitative estimate of drug-likeness (QED) is 0.827. The van der Waals surface area contributed by atoms with Gasteiger partial charge < -0.3 is 4.90 Å². The Morgan fingerprint density at radius 2 is 1.80 bits per heavy atom. The van der Waals surface area contributed by atoms with Crippen LogP contribution in [0.5, 0.6) is 0 Å². The number of hydrogen-bond donors (Lipinski definition) is 0. The van der Waals surface area contributed by atoms with E-state index < -0.39 is 0 Å². The maximum atomic E-state index is 12.4. The number of halogens is 1. The van der Waals surface area contributed by atoms with E-state index in [1.54, 1.807) is 11.9 Å². The Morgan fingerprint density at radius 1 is 1.10 bits per heavy atom. The summed E-state index contributed by atoms with van der Waals surface area (Å²) in [5.41, 5.74) is 3.98. The minimum Gasteiger partial charge on any atom is -0.337 e. The molecular formula is C17H18ClNO. The van der Waals surface area contributed by atoms with E-state index in [0.717, 1.165) is 11.1 Å². The minimum absolute atomic E-state index is 0.00743. The van der Waals surface area contributed by atoms with Crippen LogP contribution in [0.3, 0.4) is 0 Å². The Kier molecular flexibility index (Phi) is 4.46. The second-order valence-electron chi connectivity index (χ2n) is 5.05. The molecule has 0 radical (unpaired) electrons. The molecule has 20 heavy (non-hydrogen) atoms. The van der Waals surface area contributed by atoms with Crippen molar-refractivity contribution >= 4 is 17.5 Å². The lowest BCUT2D eigenvalue weighted by Gasteiger charge is -2.18. The van der Waals surface area contributed by atoms with Crippen LogP contribution in [0.25, 0.3) is 0 Å². The average Bonchev–Trinajstić information content (AvgIpc) is 2.43. The smallest absolute Gasteiger partial charge is 0.253 e. The van der Waals surface area contributed by atoms with Gasteiger partial charge in [0.1, 0.15) is 0 Å². The molecule has 0 saturated heterocycles. The molecule has 0 aliphatic heterocycles. The van der Waals surface area contributed by atoms with Crippen molar-refractivity contribution in [2.24, 2.45) is 0 Å². The Hall–Kier alpha value is -1.80. The lowest BCUT2D eigenvalue weighted by Crippen LogP contribution is -2.26. The summed E-state index contributed by atoms with van der Waals surface area (Å²) >= 11 is 6.13. The Morgan fingerprint density at radius 3 is 2.45 bits per heavy atom. The Balaban J connectivity index is 2.16. The number of nitrogens with zero attached hydrogens (tertiary/aromatic N) is 1. The third kappa shape index (κ3) is 3.20. The van der Waals surface area contributed by atoms with Crippen LogP contribution in [0.15, 0.2) is 42.5 Å². The highest BCUT2D eigenvalue weighted by atomic mass is 35.5. The zero-order valence-electron chi connectivity index (χ0n) is 12.0. The fraction of sp³-hybridized carbons (Fsp3) is 0.235. The van der Waals surface area contributed by atoms with Gasteiger partial charge in [-0.25, -0.2) is 0 Å². The maximum Gasteiger partial charge on any atom is 0.253 e. The van der Waals surface area contributed by atoms with E-state index in [1.165, 1.54) is 5.56 Å². The summed E-state index contributed by atoms with van der Waals surface area (Å²) < 4.78 is 0. The first-order valence-corrected chi connectivity index (χ1v) is 6.93. The first-order valence-electron chi connectivity index (χ1n) is 6.55. The van der Waals surface area contributed by atoms with Gasteiger partial charge in [-0.15, -0.1) is 0 Å². The van der Waals surface area contributed by atoms with Gasteiger partial charge in [-0.05, 0) is 48.7 Å². The highest BCUT2D eigenvalue weighted by Crippen LogP contribution is 2.18. The predicted molar refractivity (Wildman–Crippen MR) is 83.2 cm³/mol. The molecule has 0 saturated carbocycles. The van der Waals surface area contributed by atoms with Crippen LogP contribution in [-0.2, 0) is 6.54 Å². The lowest BCUT2D eigenvalue weighted by molar-refractivity contribution is 0.0785. The van der Waals surface area contributed by atoms with E-state index in [0.29, 0.717) is 17.1 Å². The van der Waals surface area contributed by atoms with Crippen molar-refractivity contribution in [3.63, 3.8) is 0 Å². The SMILES string of the molecule is Cc1ccc(C(=O)N(C)Cc2ccccc2Cl)cc1C. The van der Waals surface area contributed by atoms with E-state index >= 15 is 0 Å². The van der Waals surface area contributed by atoms with Gasteiger partial charge in [0.2, 0.25) is 0 Å². The monoisotopic (exact) mass is 287 g/mol. The maximum absolute atomic E-state index is 12.4. The number of benzene rings is 2. The van der Waals surface area contributed by atoms with E-state index in [2.05, 4.69) is 0 Å². The molecule has 0 bridgehead atoms. The fourth-order valence-corrected chi connectivity index (χ4v) is 2.24. The van der Waals surface area contributed by atoms with Crippen molar-refractivity contribution in [1.29, 1.82) is 0 Å². The third-order valence-corrected chi connectivity index (χ3v) is 3.83. The van der Waals surface area contributed by atoms with Gasteiger partial charge in [0.15, 0.2) is 0 Å². The van der Waals surface area contributed by atoms with Gasteiger partial charge in [0.05, 0.1) is 0 Å². The molecule has 3 heteroatoms. The van der Waals surface area contributed by atoms with Crippen molar-refractivity contribution in [2.45, 2.75) is 20.4 Å². The molecule has 2 aromatic carbocycles. The van der Waals surface area contributed by atoms with Gasteiger partial charge in [-0.1, -0.05) is 35.9 Å². The molecule has 0 unspecified atom stereocenters. The molecule has 2 nitrogen and oxygen atoms in total. The molecule has 104 valence electrons. The van der Waals surface area contributed by atoms with Gasteiger partial charge >= 0.3 is 0 Å². The predicted octanol–water partition coefficient (Wildman–Crippen LogP) is 4.23. The second kappa shape index (κ2) is 6.10. The zero-order chi connectivity index (χ0) is 14.7. The summed E-state index contributed by atoms with van der Waals surface area (Å²) in [7, 11) is 1.79. The van der Waals surface area contributed by atoms with E-state index in [4.69, 9.17) is 11.6 Å². The first-order chi connectivity index (χ1) is 9.49. The summed E-state index contributed by atoms with van der Waals surface area (Å²) in [6.45, 7) is 4.56. The second-order valence-corrected chi connectivity index (χ2v) is 5.46. The minimum atomic E-state index is 0.00743. The summed E-state index contributed by atoms with van der Waals surface area (Å²) in [5.74, 6) is 0.00743. The largest absolute Gasteiger partial charge is 0.337 e. The van der Waals surface area contributed by atoms with Crippen LogP contribution in [-0.4, -0.2) is 17.9 Å². The van der Waals surface area contributed by atoms with Crippen LogP contribution in [0, 0.1) is 13.8 Å².